The molecule has 138 valence electrons. The Morgan fingerprint density at radius 2 is 1.85 bits per heavy atom. The molecule has 2 aromatic rings. The SMILES string of the molecule is Cc1ccc(OCC(=O)Nc2ccc(C)c([N+](=O)[O-])c2)c(C(C)(C)C)c1. The molecule has 1 N–H and O–H groups in total. The summed E-state index contributed by atoms with van der Waals surface area (Å²) in [6.45, 7) is 9.74. The predicted molar refractivity (Wildman–Crippen MR) is 102 cm³/mol. The Balaban J connectivity index is 2.09. The Labute approximate surface area is 153 Å². The van der Waals surface area contributed by atoms with Gasteiger partial charge in [0.05, 0.1) is 4.92 Å². The van der Waals surface area contributed by atoms with Crippen LogP contribution in [0.4, 0.5) is 11.4 Å². The molecule has 26 heavy (non-hydrogen) atoms. The van der Waals surface area contributed by atoms with Crippen molar-refractivity contribution in [3.8, 4) is 5.75 Å². The van der Waals surface area contributed by atoms with E-state index >= 15 is 0 Å². The second-order valence-electron chi connectivity index (χ2n) is 7.34. The maximum atomic E-state index is 12.2. The molecule has 0 saturated carbocycles. The number of nitro benzene ring substituents is 1. The number of amides is 1. The highest BCUT2D eigenvalue weighted by atomic mass is 16.6. The van der Waals surface area contributed by atoms with E-state index in [0.717, 1.165) is 11.1 Å². The van der Waals surface area contributed by atoms with Crippen LogP contribution in [0.2, 0.25) is 0 Å². The Morgan fingerprint density at radius 1 is 1.15 bits per heavy atom. The highest BCUT2D eigenvalue weighted by Gasteiger charge is 2.20. The minimum absolute atomic E-state index is 0.0303. The van der Waals surface area contributed by atoms with E-state index in [1.807, 2.05) is 19.1 Å². The summed E-state index contributed by atoms with van der Waals surface area (Å²) in [4.78, 5) is 22.7. The molecular formula is C20H24N2O4. The molecule has 0 unspecified atom stereocenters. The van der Waals surface area contributed by atoms with Crippen molar-refractivity contribution in [1.29, 1.82) is 0 Å². The minimum Gasteiger partial charge on any atom is -0.483 e. The fourth-order valence-electron chi connectivity index (χ4n) is 2.58. The smallest absolute Gasteiger partial charge is 0.274 e. The van der Waals surface area contributed by atoms with Gasteiger partial charge in [-0.3, -0.25) is 14.9 Å². The summed E-state index contributed by atoms with van der Waals surface area (Å²) >= 11 is 0. The van der Waals surface area contributed by atoms with E-state index < -0.39 is 4.92 Å². The van der Waals surface area contributed by atoms with Gasteiger partial charge in [0.15, 0.2) is 6.61 Å². The zero-order valence-electron chi connectivity index (χ0n) is 15.8. The molecule has 6 heteroatoms. The first-order chi connectivity index (χ1) is 12.1. The van der Waals surface area contributed by atoms with Gasteiger partial charge in [-0.1, -0.05) is 44.5 Å². The van der Waals surface area contributed by atoms with E-state index in [-0.39, 0.29) is 23.6 Å². The molecule has 0 aliphatic carbocycles. The third-order valence-electron chi connectivity index (χ3n) is 3.99. The highest BCUT2D eigenvalue weighted by molar-refractivity contribution is 5.92. The molecule has 0 aliphatic rings. The molecule has 0 aliphatic heterocycles. The minimum atomic E-state index is -0.469. The normalized spacial score (nSPS) is 11.1. The number of nitro groups is 1. The van der Waals surface area contributed by atoms with Crippen LogP contribution in [-0.2, 0) is 10.2 Å². The van der Waals surface area contributed by atoms with Crippen LogP contribution in [0.15, 0.2) is 36.4 Å². The number of aryl methyl sites for hydroxylation is 2. The number of carbonyl (C=O) groups is 1. The lowest BCUT2D eigenvalue weighted by atomic mass is 9.85. The van der Waals surface area contributed by atoms with Crippen molar-refractivity contribution in [2.24, 2.45) is 0 Å². The molecule has 0 spiro atoms. The summed E-state index contributed by atoms with van der Waals surface area (Å²) in [5.41, 5.74) is 2.91. The Kier molecular flexibility index (Phi) is 5.65. The van der Waals surface area contributed by atoms with E-state index in [0.29, 0.717) is 17.0 Å². The summed E-state index contributed by atoms with van der Waals surface area (Å²) in [6.07, 6.45) is 0. The number of carbonyl (C=O) groups excluding carboxylic acids is 1. The second kappa shape index (κ2) is 7.56. The third-order valence-corrected chi connectivity index (χ3v) is 3.99. The number of benzene rings is 2. The molecule has 0 radical (unpaired) electrons. The van der Waals surface area contributed by atoms with Gasteiger partial charge in [0.25, 0.3) is 11.6 Å². The van der Waals surface area contributed by atoms with Crippen LogP contribution in [0.5, 0.6) is 5.75 Å². The standard InChI is InChI=1S/C20H24N2O4/c1-13-6-9-18(16(10-13)20(3,4)5)26-12-19(23)21-15-8-7-14(2)17(11-15)22(24)25/h6-11H,12H2,1-5H3,(H,21,23). The van der Waals surface area contributed by atoms with Crippen molar-refractivity contribution in [3.63, 3.8) is 0 Å². The fraction of sp³-hybridized carbons (Fsp3) is 0.350. The molecule has 0 atom stereocenters. The number of rotatable bonds is 5. The number of nitrogens with zero attached hydrogens (tertiary/aromatic N) is 1. The van der Waals surface area contributed by atoms with Crippen molar-refractivity contribution in [2.45, 2.75) is 40.0 Å². The number of hydrogen-bond donors (Lipinski definition) is 1. The molecule has 2 aromatic carbocycles. The maximum Gasteiger partial charge on any atom is 0.274 e. The average molecular weight is 356 g/mol. The topological polar surface area (TPSA) is 81.5 Å². The van der Waals surface area contributed by atoms with Gasteiger partial charge in [-0.2, -0.15) is 0 Å². The van der Waals surface area contributed by atoms with Gasteiger partial charge in [0, 0.05) is 17.3 Å². The summed E-state index contributed by atoms with van der Waals surface area (Å²) < 4.78 is 5.71. The summed E-state index contributed by atoms with van der Waals surface area (Å²) in [5, 5.41) is 13.6. The molecule has 6 nitrogen and oxygen atoms in total. The van der Waals surface area contributed by atoms with Crippen LogP contribution >= 0.6 is 0 Å². The van der Waals surface area contributed by atoms with Crippen molar-refractivity contribution < 1.29 is 14.5 Å². The molecule has 2 rings (SSSR count). The van der Waals surface area contributed by atoms with Crippen LogP contribution in [0.3, 0.4) is 0 Å². The first kappa shape index (κ1) is 19.4. The lowest BCUT2D eigenvalue weighted by Gasteiger charge is -2.23. The van der Waals surface area contributed by atoms with Crippen LogP contribution < -0.4 is 10.1 Å². The van der Waals surface area contributed by atoms with Gasteiger partial charge >= 0.3 is 0 Å². The first-order valence-corrected chi connectivity index (χ1v) is 8.37. The zero-order chi connectivity index (χ0) is 19.5. The van der Waals surface area contributed by atoms with Crippen LogP contribution in [0.25, 0.3) is 0 Å². The Hall–Kier alpha value is -2.89. The number of anilines is 1. The molecule has 0 saturated heterocycles. The Morgan fingerprint density at radius 3 is 2.46 bits per heavy atom. The molecule has 0 heterocycles. The van der Waals surface area contributed by atoms with Gasteiger partial charge in [0.1, 0.15) is 5.75 Å². The lowest BCUT2D eigenvalue weighted by Crippen LogP contribution is -2.22. The maximum absolute atomic E-state index is 12.2. The van der Waals surface area contributed by atoms with Crippen LogP contribution in [0.1, 0.15) is 37.5 Å². The summed E-state index contributed by atoms with van der Waals surface area (Å²) in [7, 11) is 0. The summed E-state index contributed by atoms with van der Waals surface area (Å²) in [6, 6.07) is 10.4. The van der Waals surface area contributed by atoms with Gasteiger partial charge in [-0.15, -0.1) is 0 Å². The largest absolute Gasteiger partial charge is 0.483 e. The predicted octanol–water partition coefficient (Wildman–Crippen LogP) is 4.53. The van der Waals surface area contributed by atoms with Crippen molar-refractivity contribution in [2.75, 3.05) is 11.9 Å². The van der Waals surface area contributed by atoms with E-state index in [1.165, 1.54) is 6.07 Å². The number of nitrogens with one attached hydrogen (secondary N) is 1. The second-order valence-corrected chi connectivity index (χ2v) is 7.34. The van der Waals surface area contributed by atoms with Crippen molar-refractivity contribution >= 4 is 17.3 Å². The van der Waals surface area contributed by atoms with Gasteiger partial charge in [-0.05, 0) is 37.0 Å². The van der Waals surface area contributed by atoms with Crippen LogP contribution in [0, 0.1) is 24.0 Å². The van der Waals surface area contributed by atoms with Crippen LogP contribution in [-0.4, -0.2) is 17.4 Å². The molecular weight excluding hydrogens is 332 g/mol. The highest BCUT2D eigenvalue weighted by Crippen LogP contribution is 2.32. The quantitative estimate of drug-likeness (QED) is 0.630. The number of ether oxygens (including phenoxy) is 1. The monoisotopic (exact) mass is 356 g/mol. The van der Waals surface area contributed by atoms with Gasteiger partial charge in [-0.25, -0.2) is 0 Å². The third kappa shape index (κ3) is 4.81. The van der Waals surface area contributed by atoms with E-state index in [9.17, 15) is 14.9 Å². The number of hydrogen-bond acceptors (Lipinski definition) is 4. The van der Waals surface area contributed by atoms with Crippen molar-refractivity contribution in [1.82, 2.24) is 0 Å². The van der Waals surface area contributed by atoms with Crippen molar-refractivity contribution in [3.05, 3.63) is 63.2 Å². The zero-order valence-corrected chi connectivity index (χ0v) is 15.8. The van der Waals surface area contributed by atoms with Gasteiger partial charge in [0.2, 0.25) is 0 Å². The lowest BCUT2D eigenvalue weighted by molar-refractivity contribution is -0.385. The van der Waals surface area contributed by atoms with E-state index in [2.05, 4.69) is 32.2 Å². The van der Waals surface area contributed by atoms with E-state index in [1.54, 1.807) is 19.1 Å². The molecule has 0 fully saturated rings. The fourth-order valence-corrected chi connectivity index (χ4v) is 2.58. The Bertz CT molecular complexity index is 838. The molecule has 0 aromatic heterocycles. The van der Waals surface area contributed by atoms with Gasteiger partial charge < -0.3 is 10.1 Å². The van der Waals surface area contributed by atoms with E-state index in [4.69, 9.17) is 4.74 Å². The molecule has 0 bridgehead atoms. The summed E-state index contributed by atoms with van der Waals surface area (Å²) in [5.74, 6) is 0.289. The average Bonchev–Trinajstić information content (AvgIpc) is 2.54. The first-order valence-electron chi connectivity index (χ1n) is 8.37. The molecule has 1 amide bonds.